The average Bonchev–Trinajstić information content (AvgIpc) is 2.15. The molecule has 0 atom stereocenters. The predicted molar refractivity (Wildman–Crippen MR) is 48.6 cm³/mol. The van der Waals surface area contributed by atoms with Crippen molar-refractivity contribution in [2.75, 3.05) is 18.4 Å². The number of nitrogens with zero attached hydrogens (tertiary/aromatic N) is 1. The highest BCUT2D eigenvalue weighted by Crippen LogP contribution is 2.09. The maximum atomic E-state index is 7.21. The van der Waals surface area contributed by atoms with Gasteiger partial charge in [0.05, 0.1) is 0 Å². The first-order chi connectivity index (χ1) is 5.88. The summed E-state index contributed by atoms with van der Waals surface area (Å²) in [6, 6.07) is 3.72. The Labute approximate surface area is 72.0 Å². The maximum Gasteiger partial charge on any atom is 0.130 e. The first-order valence-electron chi connectivity index (χ1n) is 3.91. The van der Waals surface area contributed by atoms with E-state index in [0.717, 1.165) is 11.4 Å². The van der Waals surface area contributed by atoms with Crippen molar-refractivity contribution in [1.82, 2.24) is 10.7 Å². The predicted octanol–water partition coefficient (Wildman–Crippen LogP) is 0.235. The lowest BCUT2D eigenvalue weighted by atomic mass is 10.2. The smallest absolute Gasteiger partial charge is 0.130 e. The zero-order chi connectivity index (χ0) is 8.81. The van der Waals surface area contributed by atoms with Crippen LogP contribution in [-0.4, -0.2) is 18.1 Å². The SMILES string of the molecule is [NH]Cc1cccnc1NCCN. The average molecular weight is 165 g/mol. The number of hydrogen-bond acceptors (Lipinski definition) is 3. The highest BCUT2D eigenvalue weighted by Gasteiger charge is 1.98. The monoisotopic (exact) mass is 165 g/mol. The summed E-state index contributed by atoms with van der Waals surface area (Å²) in [7, 11) is 0. The lowest BCUT2D eigenvalue weighted by molar-refractivity contribution is 0.971. The molecule has 0 aliphatic rings. The molecule has 0 bridgehead atoms. The van der Waals surface area contributed by atoms with Crippen molar-refractivity contribution in [3.8, 4) is 0 Å². The van der Waals surface area contributed by atoms with Crippen LogP contribution in [0.25, 0.3) is 0 Å². The number of rotatable bonds is 4. The van der Waals surface area contributed by atoms with Gasteiger partial charge >= 0.3 is 0 Å². The standard InChI is InChI=1S/C8H13N4/c9-3-5-12-8-7(6-10)2-1-4-11-8/h1-2,4,10H,3,5-6,9H2,(H,11,12). The van der Waals surface area contributed by atoms with E-state index in [9.17, 15) is 0 Å². The van der Waals surface area contributed by atoms with Crippen molar-refractivity contribution in [2.24, 2.45) is 5.73 Å². The zero-order valence-corrected chi connectivity index (χ0v) is 6.88. The Hall–Kier alpha value is -1.13. The van der Waals surface area contributed by atoms with Gasteiger partial charge in [-0.2, -0.15) is 0 Å². The minimum absolute atomic E-state index is 0.251. The molecule has 4 N–H and O–H groups in total. The number of hydrogen-bond donors (Lipinski definition) is 2. The summed E-state index contributed by atoms with van der Waals surface area (Å²) in [4.78, 5) is 4.10. The van der Waals surface area contributed by atoms with Crippen molar-refractivity contribution in [1.29, 1.82) is 0 Å². The van der Waals surface area contributed by atoms with E-state index in [0.29, 0.717) is 13.1 Å². The molecule has 1 aromatic heterocycles. The second kappa shape index (κ2) is 4.69. The van der Waals surface area contributed by atoms with Crippen LogP contribution in [0.1, 0.15) is 5.56 Å². The van der Waals surface area contributed by atoms with Crippen LogP contribution in [0.15, 0.2) is 18.3 Å². The Bertz CT molecular complexity index is 236. The lowest BCUT2D eigenvalue weighted by Gasteiger charge is -2.06. The quantitative estimate of drug-likeness (QED) is 0.670. The van der Waals surface area contributed by atoms with E-state index < -0.39 is 0 Å². The fourth-order valence-electron chi connectivity index (χ4n) is 0.931. The fraction of sp³-hybridized carbons (Fsp3) is 0.375. The van der Waals surface area contributed by atoms with Gasteiger partial charge in [-0.3, -0.25) is 5.73 Å². The van der Waals surface area contributed by atoms with Crippen molar-refractivity contribution in [3.05, 3.63) is 23.9 Å². The van der Waals surface area contributed by atoms with Crippen molar-refractivity contribution in [2.45, 2.75) is 6.54 Å². The van der Waals surface area contributed by atoms with Crippen molar-refractivity contribution >= 4 is 5.82 Å². The van der Waals surface area contributed by atoms with Crippen LogP contribution in [0.5, 0.6) is 0 Å². The molecule has 0 aromatic carbocycles. The van der Waals surface area contributed by atoms with E-state index in [1.807, 2.05) is 12.1 Å². The van der Waals surface area contributed by atoms with Gasteiger partial charge in [0, 0.05) is 31.4 Å². The zero-order valence-electron chi connectivity index (χ0n) is 6.88. The molecule has 4 heteroatoms. The third-order valence-corrected chi connectivity index (χ3v) is 1.52. The molecule has 1 heterocycles. The summed E-state index contributed by atoms with van der Waals surface area (Å²) in [6.07, 6.45) is 1.71. The van der Waals surface area contributed by atoms with Gasteiger partial charge in [0.15, 0.2) is 0 Å². The number of nitrogens with two attached hydrogens (primary N) is 1. The molecule has 0 aliphatic carbocycles. The van der Waals surface area contributed by atoms with Gasteiger partial charge < -0.3 is 11.1 Å². The summed E-state index contributed by atoms with van der Waals surface area (Å²) < 4.78 is 0. The molecule has 1 aromatic rings. The third-order valence-electron chi connectivity index (χ3n) is 1.52. The summed E-state index contributed by atoms with van der Waals surface area (Å²) in [5.41, 5.74) is 13.4. The molecule has 4 nitrogen and oxygen atoms in total. The molecule has 0 spiro atoms. The lowest BCUT2D eigenvalue weighted by Crippen LogP contribution is -2.15. The molecule has 0 unspecified atom stereocenters. The highest BCUT2D eigenvalue weighted by molar-refractivity contribution is 5.43. The minimum atomic E-state index is 0.251. The molecular weight excluding hydrogens is 152 g/mol. The van der Waals surface area contributed by atoms with Crippen molar-refractivity contribution < 1.29 is 0 Å². The van der Waals surface area contributed by atoms with Gasteiger partial charge in [0.1, 0.15) is 5.82 Å². The van der Waals surface area contributed by atoms with Gasteiger partial charge in [-0.25, -0.2) is 4.98 Å². The second-order valence-corrected chi connectivity index (χ2v) is 2.40. The first kappa shape index (κ1) is 8.96. The molecule has 1 radical (unpaired) electrons. The molecule has 12 heavy (non-hydrogen) atoms. The summed E-state index contributed by atoms with van der Waals surface area (Å²) >= 11 is 0. The van der Waals surface area contributed by atoms with E-state index in [2.05, 4.69) is 10.3 Å². The summed E-state index contributed by atoms with van der Waals surface area (Å²) in [5, 5.41) is 3.06. The first-order valence-corrected chi connectivity index (χ1v) is 3.91. The normalized spacial score (nSPS) is 9.83. The third kappa shape index (κ3) is 2.18. The molecular formula is C8H13N4. The van der Waals surface area contributed by atoms with E-state index in [1.54, 1.807) is 6.20 Å². The maximum absolute atomic E-state index is 7.21. The number of nitrogens with one attached hydrogen (secondary N) is 2. The van der Waals surface area contributed by atoms with Crippen LogP contribution in [0.4, 0.5) is 5.82 Å². The van der Waals surface area contributed by atoms with Crippen LogP contribution in [-0.2, 0) is 6.54 Å². The number of anilines is 1. The molecule has 0 fully saturated rings. The molecule has 0 amide bonds. The molecule has 0 aliphatic heterocycles. The van der Waals surface area contributed by atoms with Gasteiger partial charge in [0.25, 0.3) is 0 Å². The van der Waals surface area contributed by atoms with Gasteiger partial charge in [-0.15, -0.1) is 0 Å². The van der Waals surface area contributed by atoms with E-state index in [-0.39, 0.29) is 6.54 Å². The molecule has 0 saturated heterocycles. The molecule has 1 rings (SSSR count). The highest BCUT2D eigenvalue weighted by atomic mass is 15.0. The molecule has 0 saturated carbocycles. The number of pyridine rings is 1. The van der Waals surface area contributed by atoms with Gasteiger partial charge in [-0.1, -0.05) is 6.07 Å². The van der Waals surface area contributed by atoms with E-state index in [4.69, 9.17) is 11.5 Å². The van der Waals surface area contributed by atoms with Gasteiger partial charge in [-0.05, 0) is 6.07 Å². The van der Waals surface area contributed by atoms with E-state index in [1.165, 1.54) is 0 Å². The van der Waals surface area contributed by atoms with Crippen molar-refractivity contribution in [3.63, 3.8) is 0 Å². The van der Waals surface area contributed by atoms with E-state index >= 15 is 0 Å². The Morgan fingerprint density at radius 3 is 3.08 bits per heavy atom. The van der Waals surface area contributed by atoms with Crippen LogP contribution in [0.3, 0.4) is 0 Å². The Morgan fingerprint density at radius 2 is 2.42 bits per heavy atom. The second-order valence-electron chi connectivity index (χ2n) is 2.40. The Balaban J connectivity index is 2.68. The Morgan fingerprint density at radius 1 is 1.58 bits per heavy atom. The number of aromatic nitrogens is 1. The van der Waals surface area contributed by atoms with Crippen LogP contribution in [0, 0.1) is 0 Å². The largest absolute Gasteiger partial charge is 0.369 e. The van der Waals surface area contributed by atoms with Gasteiger partial charge in [0.2, 0.25) is 0 Å². The summed E-state index contributed by atoms with van der Waals surface area (Å²) in [6.45, 7) is 1.53. The molecule has 65 valence electrons. The topological polar surface area (TPSA) is 74.7 Å². The Kier molecular flexibility index (Phi) is 3.50. The van der Waals surface area contributed by atoms with Crippen LogP contribution < -0.4 is 16.8 Å². The van der Waals surface area contributed by atoms with Crippen LogP contribution in [0.2, 0.25) is 0 Å². The van der Waals surface area contributed by atoms with Crippen LogP contribution >= 0.6 is 0 Å². The minimum Gasteiger partial charge on any atom is -0.369 e. The fourth-order valence-corrected chi connectivity index (χ4v) is 0.931. The summed E-state index contributed by atoms with van der Waals surface area (Å²) in [5.74, 6) is 0.776.